The maximum absolute atomic E-state index is 3.53. The number of hydrogen-bond donors (Lipinski definition) is 1. The van der Waals surface area contributed by atoms with E-state index in [2.05, 4.69) is 34.5 Å². The Kier molecular flexibility index (Phi) is 2.47. The van der Waals surface area contributed by atoms with Gasteiger partial charge in [0.15, 0.2) is 0 Å². The van der Waals surface area contributed by atoms with Crippen LogP contribution in [0.5, 0.6) is 0 Å². The first kappa shape index (κ1) is 9.37. The topological polar surface area (TPSA) is 15.3 Å². The van der Waals surface area contributed by atoms with Crippen LogP contribution in [0.4, 0.5) is 0 Å². The molecule has 1 saturated heterocycles. The van der Waals surface area contributed by atoms with Crippen molar-refractivity contribution in [2.75, 3.05) is 19.6 Å². The first-order valence-corrected chi connectivity index (χ1v) is 5.98. The average molecular weight is 202 g/mol. The van der Waals surface area contributed by atoms with Crippen molar-refractivity contribution in [1.29, 1.82) is 0 Å². The normalized spacial score (nSPS) is 26.5. The summed E-state index contributed by atoms with van der Waals surface area (Å²) >= 11 is 0. The minimum absolute atomic E-state index is 0.623. The molecule has 2 aliphatic rings. The molecular formula is C13H18N2. The average Bonchev–Trinajstić information content (AvgIpc) is 2.82. The molecule has 0 bridgehead atoms. The van der Waals surface area contributed by atoms with Gasteiger partial charge in [-0.1, -0.05) is 24.3 Å². The summed E-state index contributed by atoms with van der Waals surface area (Å²) in [6.07, 6.45) is 2.75. The van der Waals surface area contributed by atoms with Gasteiger partial charge in [0.25, 0.3) is 0 Å². The molecule has 1 fully saturated rings. The van der Waals surface area contributed by atoms with Gasteiger partial charge in [-0.3, -0.25) is 4.90 Å². The SMILES string of the molecule is c1ccc2c(c1)CNC[C@@H]2N1CCCC1. The largest absolute Gasteiger partial charge is 0.311 e. The van der Waals surface area contributed by atoms with E-state index in [1.807, 2.05) is 0 Å². The second-order valence-electron chi connectivity index (χ2n) is 4.59. The zero-order chi connectivity index (χ0) is 10.1. The van der Waals surface area contributed by atoms with Crippen LogP contribution in [-0.2, 0) is 6.54 Å². The molecule has 0 aromatic heterocycles. The maximum Gasteiger partial charge on any atom is 0.0476 e. The minimum Gasteiger partial charge on any atom is -0.311 e. The number of rotatable bonds is 1. The van der Waals surface area contributed by atoms with Crippen molar-refractivity contribution in [2.45, 2.75) is 25.4 Å². The molecular weight excluding hydrogens is 184 g/mol. The highest BCUT2D eigenvalue weighted by molar-refractivity contribution is 5.32. The third-order valence-electron chi connectivity index (χ3n) is 3.65. The van der Waals surface area contributed by atoms with Crippen LogP contribution in [0.2, 0.25) is 0 Å². The molecule has 1 aromatic rings. The Labute approximate surface area is 91.3 Å². The molecule has 80 valence electrons. The molecule has 0 aliphatic carbocycles. The van der Waals surface area contributed by atoms with Gasteiger partial charge in [0, 0.05) is 19.1 Å². The molecule has 1 N–H and O–H groups in total. The summed E-state index contributed by atoms with van der Waals surface area (Å²) in [4.78, 5) is 2.63. The van der Waals surface area contributed by atoms with E-state index in [0.29, 0.717) is 6.04 Å². The summed E-state index contributed by atoms with van der Waals surface area (Å²) in [5.41, 5.74) is 3.04. The van der Waals surface area contributed by atoms with E-state index in [1.54, 1.807) is 5.56 Å². The van der Waals surface area contributed by atoms with E-state index in [1.165, 1.54) is 31.5 Å². The summed E-state index contributed by atoms with van der Waals surface area (Å²) in [5.74, 6) is 0. The first-order valence-electron chi connectivity index (χ1n) is 5.98. The molecule has 2 heteroatoms. The van der Waals surface area contributed by atoms with E-state index in [9.17, 15) is 0 Å². The lowest BCUT2D eigenvalue weighted by atomic mass is 9.96. The summed E-state index contributed by atoms with van der Waals surface area (Å²) < 4.78 is 0. The molecule has 0 radical (unpaired) electrons. The maximum atomic E-state index is 3.53. The molecule has 1 atom stereocenters. The van der Waals surface area contributed by atoms with Crippen LogP contribution >= 0.6 is 0 Å². The third-order valence-corrected chi connectivity index (χ3v) is 3.65. The Morgan fingerprint density at radius 1 is 1.13 bits per heavy atom. The van der Waals surface area contributed by atoms with E-state index in [-0.39, 0.29) is 0 Å². The summed E-state index contributed by atoms with van der Waals surface area (Å²) in [6, 6.07) is 9.50. The van der Waals surface area contributed by atoms with Crippen LogP contribution in [0, 0.1) is 0 Å². The Bertz CT molecular complexity index is 342. The zero-order valence-corrected chi connectivity index (χ0v) is 9.08. The fourth-order valence-corrected chi connectivity index (χ4v) is 2.85. The van der Waals surface area contributed by atoms with Crippen molar-refractivity contribution in [3.05, 3.63) is 35.4 Å². The number of likely N-dealkylation sites (tertiary alicyclic amines) is 1. The highest BCUT2D eigenvalue weighted by atomic mass is 15.2. The van der Waals surface area contributed by atoms with Gasteiger partial charge in [-0.25, -0.2) is 0 Å². The second-order valence-corrected chi connectivity index (χ2v) is 4.59. The van der Waals surface area contributed by atoms with Crippen molar-refractivity contribution in [2.24, 2.45) is 0 Å². The summed E-state index contributed by atoms with van der Waals surface area (Å²) in [7, 11) is 0. The molecule has 2 nitrogen and oxygen atoms in total. The standard InChI is InChI=1S/C13H18N2/c1-2-6-12-11(5-1)9-14-10-13(12)15-7-3-4-8-15/h1-2,5-6,13-14H,3-4,7-10H2/t13-/m0/s1. The smallest absolute Gasteiger partial charge is 0.0476 e. The Morgan fingerprint density at radius 3 is 2.80 bits per heavy atom. The van der Waals surface area contributed by atoms with Gasteiger partial charge in [-0.2, -0.15) is 0 Å². The first-order chi connectivity index (χ1) is 7.45. The fraction of sp³-hybridized carbons (Fsp3) is 0.538. The highest BCUT2D eigenvalue weighted by Crippen LogP contribution is 2.29. The van der Waals surface area contributed by atoms with E-state index in [0.717, 1.165) is 13.1 Å². The second kappa shape index (κ2) is 3.95. The van der Waals surface area contributed by atoms with E-state index < -0.39 is 0 Å². The third kappa shape index (κ3) is 1.68. The van der Waals surface area contributed by atoms with Gasteiger partial charge in [-0.15, -0.1) is 0 Å². The summed E-state index contributed by atoms with van der Waals surface area (Å²) in [5, 5.41) is 3.53. The van der Waals surface area contributed by atoms with Gasteiger partial charge < -0.3 is 5.32 Å². The predicted octanol–water partition coefficient (Wildman–Crippen LogP) is 1.93. The van der Waals surface area contributed by atoms with Crippen LogP contribution in [0.25, 0.3) is 0 Å². The quantitative estimate of drug-likeness (QED) is 0.748. The molecule has 0 saturated carbocycles. The molecule has 0 unspecified atom stereocenters. The predicted molar refractivity (Wildman–Crippen MR) is 61.7 cm³/mol. The van der Waals surface area contributed by atoms with Gasteiger partial charge >= 0.3 is 0 Å². The van der Waals surface area contributed by atoms with Crippen molar-refractivity contribution in [3.63, 3.8) is 0 Å². The molecule has 0 spiro atoms. The molecule has 2 heterocycles. The number of fused-ring (bicyclic) bond motifs is 1. The van der Waals surface area contributed by atoms with E-state index in [4.69, 9.17) is 0 Å². The van der Waals surface area contributed by atoms with Crippen LogP contribution in [0.1, 0.15) is 30.0 Å². The summed E-state index contributed by atoms with van der Waals surface area (Å²) in [6.45, 7) is 4.72. The Hall–Kier alpha value is -0.860. The van der Waals surface area contributed by atoms with Gasteiger partial charge in [0.05, 0.1) is 0 Å². The molecule has 0 amide bonds. The Morgan fingerprint density at radius 2 is 1.93 bits per heavy atom. The van der Waals surface area contributed by atoms with Crippen LogP contribution in [-0.4, -0.2) is 24.5 Å². The van der Waals surface area contributed by atoms with Gasteiger partial charge in [0.1, 0.15) is 0 Å². The lowest BCUT2D eigenvalue weighted by Crippen LogP contribution is -2.38. The molecule has 3 rings (SSSR count). The van der Waals surface area contributed by atoms with Crippen LogP contribution < -0.4 is 5.32 Å². The van der Waals surface area contributed by atoms with Gasteiger partial charge in [-0.05, 0) is 37.1 Å². The number of hydrogen-bond acceptors (Lipinski definition) is 2. The lowest BCUT2D eigenvalue weighted by Gasteiger charge is -2.33. The number of nitrogens with one attached hydrogen (secondary N) is 1. The van der Waals surface area contributed by atoms with Gasteiger partial charge in [0.2, 0.25) is 0 Å². The minimum atomic E-state index is 0.623. The van der Waals surface area contributed by atoms with Crippen LogP contribution in [0.3, 0.4) is 0 Å². The molecule has 15 heavy (non-hydrogen) atoms. The highest BCUT2D eigenvalue weighted by Gasteiger charge is 2.26. The number of nitrogens with zero attached hydrogens (tertiary/aromatic N) is 1. The van der Waals surface area contributed by atoms with Crippen molar-refractivity contribution in [3.8, 4) is 0 Å². The lowest BCUT2D eigenvalue weighted by molar-refractivity contribution is 0.228. The monoisotopic (exact) mass is 202 g/mol. The number of benzene rings is 1. The molecule has 1 aromatic carbocycles. The zero-order valence-electron chi connectivity index (χ0n) is 9.08. The molecule has 2 aliphatic heterocycles. The Balaban J connectivity index is 1.91. The fourth-order valence-electron chi connectivity index (χ4n) is 2.85. The van der Waals surface area contributed by atoms with E-state index >= 15 is 0 Å². The van der Waals surface area contributed by atoms with Crippen molar-refractivity contribution < 1.29 is 0 Å². The van der Waals surface area contributed by atoms with Crippen molar-refractivity contribution in [1.82, 2.24) is 10.2 Å². The van der Waals surface area contributed by atoms with Crippen molar-refractivity contribution >= 4 is 0 Å². The van der Waals surface area contributed by atoms with Crippen LogP contribution in [0.15, 0.2) is 24.3 Å².